The third-order valence-electron chi connectivity index (χ3n) is 4.96. The van der Waals surface area contributed by atoms with Crippen LogP contribution in [0.1, 0.15) is 11.3 Å². The van der Waals surface area contributed by atoms with Crippen molar-refractivity contribution in [1.82, 2.24) is 9.97 Å². The smallest absolute Gasteiger partial charge is 0.306 e. The van der Waals surface area contributed by atoms with E-state index in [1.807, 2.05) is 54.6 Å². The van der Waals surface area contributed by atoms with Crippen molar-refractivity contribution in [3.8, 4) is 34.1 Å². The molecule has 0 spiro atoms. The van der Waals surface area contributed by atoms with Crippen molar-refractivity contribution in [3.05, 3.63) is 63.4 Å². The molecule has 0 radical (unpaired) electrons. The number of methoxy groups -OCH3 is 4. The van der Waals surface area contributed by atoms with Crippen LogP contribution in [0.4, 0.5) is 0 Å². The van der Waals surface area contributed by atoms with Crippen LogP contribution >= 0.6 is 11.3 Å². The number of nitrogens with one attached hydrogen (secondary N) is 1. The van der Waals surface area contributed by atoms with E-state index in [9.17, 15) is 4.79 Å². The van der Waals surface area contributed by atoms with Crippen LogP contribution in [0, 0.1) is 0 Å². The zero-order chi connectivity index (χ0) is 22.7. The zero-order valence-electron chi connectivity index (χ0n) is 18.1. The fourth-order valence-electron chi connectivity index (χ4n) is 3.40. The molecular weight excluding hydrogens is 428 g/mol. The van der Waals surface area contributed by atoms with E-state index in [0.717, 1.165) is 32.7 Å². The lowest BCUT2D eigenvalue weighted by Crippen LogP contribution is -1.93. The van der Waals surface area contributed by atoms with Crippen molar-refractivity contribution >= 4 is 33.8 Å². The number of aromatic nitrogens is 2. The fourth-order valence-corrected chi connectivity index (χ4v) is 4.21. The first-order valence-electron chi connectivity index (χ1n) is 9.72. The predicted molar refractivity (Wildman–Crippen MR) is 127 cm³/mol. The molecule has 32 heavy (non-hydrogen) atoms. The van der Waals surface area contributed by atoms with Crippen LogP contribution in [0.2, 0.25) is 0 Å². The Balaban J connectivity index is 1.79. The van der Waals surface area contributed by atoms with E-state index in [1.54, 1.807) is 28.4 Å². The summed E-state index contributed by atoms with van der Waals surface area (Å²) in [5, 5.41) is 0. The third-order valence-corrected chi connectivity index (χ3v) is 5.86. The molecule has 0 saturated heterocycles. The highest BCUT2D eigenvalue weighted by molar-refractivity contribution is 7.16. The maximum absolute atomic E-state index is 12.1. The SMILES string of the molecule is COc1ccc(C=Cc2cc(-c3ccc(OC)c(OC)c3)c3sc(=O)[nH]c3n2)cc1OC. The number of fused-ring (bicyclic) bond motifs is 1. The number of nitrogens with zero attached hydrogens (tertiary/aromatic N) is 1. The molecule has 1 N–H and O–H groups in total. The number of rotatable bonds is 7. The van der Waals surface area contributed by atoms with Crippen LogP contribution in [-0.4, -0.2) is 38.4 Å². The number of aromatic amines is 1. The van der Waals surface area contributed by atoms with Gasteiger partial charge in [-0.15, -0.1) is 0 Å². The van der Waals surface area contributed by atoms with Crippen molar-refractivity contribution in [2.24, 2.45) is 0 Å². The van der Waals surface area contributed by atoms with Crippen molar-refractivity contribution in [3.63, 3.8) is 0 Å². The Morgan fingerprint density at radius 1 is 0.812 bits per heavy atom. The Hall–Kier alpha value is -3.78. The van der Waals surface area contributed by atoms with Crippen molar-refractivity contribution in [2.45, 2.75) is 0 Å². The summed E-state index contributed by atoms with van der Waals surface area (Å²) >= 11 is 1.13. The molecule has 7 nitrogen and oxygen atoms in total. The van der Waals surface area contributed by atoms with Crippen molar-refractivity contribution in [1.29, 1.82) is 0 Å². The average molecular weight is 451 g/mol. The van der Waals surface area contributed by atoms with E-state index in [2.05, 4.69) is 9.97 Å². The summed E-state index contributed by atoms with van der Waals surface area (Å²) in [7, 11) is 6.39. The molecule has 0 bridgehead atoms. The van der Waals surface area contributed by atoms with Gasteiger partial charge in [0.25, 0.3) is 0 Å². The number of H-pyrrole nitrogens is 1. The standard InChI is InChI=1S/C24H22N2O5S/c1-28-18-9-6-14(11-20(18)30-3)5-8-16-13-17(22-23(25-16)26-24(27)32-22)15-7-10-19(29-2)21(12-15)31-4/h5-13H,1-4H3,(H,25,26,27). The largest absolute Gasteiger partial charge is 0.493 e. The first-order chi connectivity index (χ1) is 15.6. The minimum Gasteiger partial charge on any atom is -0.493 e. The lowest BCUT2D eigenvalue weighted by Gasteiger charge is -2.11. The molecule has 2 heterocycles. The summed E-state index contributed by atoms with van der Waals surface area (Å²) in [6.07, 6.45) is 3.82. The van der Waals surface area contributed by atoms with E-state index in [1.165, 1.54) is 0 Å². The molecule has 4 aromatic rings. The van der Waals surface area contributed by atoms with Crippen LogP contribution in [0.5, 0.6) is 23.0 Å². The highest BCUT2D eigenvalue weighted by atomic mass is 32.1. The van der Waals surface area contributed by atoms with Gasteiger partial charge in [-0.2, -0.15) is 0 Å². The van der Waals surface area contributed by atoms with Gasteiger partial charge in [0.05, 0.1) is 38.8 Å². The molecule has 2 aromatic heterocycles. The molecule has 0 saturated carbocycles. The summed E-state index contributed by atoms with van der Waals surface area (Å²) in [5.41, 5.74) is 3.94. The predicted octanol–water partition coefficient (Wildman–Crippen LogP) is 4.86. The fraction of sp³-hybridized carbons (Fsp3) is 0.167. The minimum atomic E-state index is -0.157. The highest BCUT2D eigenvalue weighted by Gasteiger charge is 2.13. The van der Waals surface area contributed by atoms with Gasteiger partial charge in [0.2, 0.25) is 0 Å². The van der Waals surface area contributed by atoms with Gasteiger partial charge in [-0.3, -0.25) is 9.78 Å². The number of thiazole rings is 1. The number of ether oxygens (including phenoxy) is 4. The molecule has 0 aliphatic heterocycles. The van der Waals surface area contributed by atoms with Gasteiger partial charge in [-0.05, 0) is 47.5 Å². The topological polar surface area (TPSA) is 82.7 Å². The van der Waals surface area contributed by atoms with Crippen LogP contribution in [-0.2, 0) is 0 Å². The van der Waals surface area contributed by atoms with E-state index in [-0.39, 0.29) is 4.87 Å². The summed E-state index contributed by atoms with van der Waals surface area (Å²) in [5.74, 6) is 2.56. The van der Waals surface area contributed by atoms with Gasteiger partial charge in [-0.1, -0.05) is 29.5 Å². The Bertz CT molecular complexity index is 1360. The third kappa shape index (κ3) is 4.17. The maximum Gasteiger partial charge on any atom is 0.306 e. The average Bonchev–Trinajstić information content (AvgIpc) is 3.21. The molecule has 0 unspecified atom stereocenters. The molecule has 0 amide bonds. The minimum absolute atomic E-state index is 0.157. The second kappa shape index (κ2) is 9.15. The second-order valence-corrected chi connectivity index (χ2v) is 7.79. The molecule has 4 rings (SSSR count). The van der Waals surface area contributed by atoms with Gasteiger partial charge in [0.15, 0.2) is 28.6 Å². The molecule has 8 heteroatoms. The number of hydrogen-bond donors (Lipinski definition) is 1. The molecule has 0 aliphatic carbocycles. The zero-order valence-corrected chi connectivity index (χ0v) is 18.9. The number of pyridine rings is 1. The normalized spacial score (nSPS) is 11.1. The van der Waals surface area contributed by atoms with E-state index in [4.69, 9.17) is 18.9 Å². The second-order valence-electron chi connectivity index (χ2n) is 6.80. The molecule has 0 atom stereocenters. The Kier molecular flexibility index (Phi) is 6.13. The van der Waals surface area contributed by atoms with E-state index < -0.39 is 0 Å². The molecule has 0 aliphatic rings. The lowest BCUT2D eigenvalue weighted by molar-refractivity contribution is 0.355. The first kappa shape index (κ1) is 21.5. The molecule has 0 fully saturated rings. The molecule has 164 valence electrons. The Morgan fingerprint density at radius 3 is 2.16 bits per heavy atom. The van der Waals surface area contributed by atoms with Crippen LogP contribution in [0.15, 0.2) is 47.3 Å². The maximum atomic E-state index is 12.1. The quantitative estimate of drug-likeness (QED) is 0.433. The monoisotopic (exact) mass is 450 g/mol. The van der Waals surface area contributed by atoms with Crippen molar-refractivity contribution in [2.75, 3.05) is 28.4 Å². The highest BCUT2D eigenvalue weighted by Crippen LogP contribution is 2.36. The number of hydrogen-bond acceptors (Lipinski definition) is 7. The number of benzene rings is 2. The van der Waals surface area contributed by atoms with Crippen LogP contribution in [0.3, 0.4) is 0 Å². The Labute approximate surface area is 188 Å². The van der Waals surface area contributed by atoms with Crippen LogP contribution < -0.4 is 23.8 Å². The van der Waals surface area contributed by atoms with E-state index >= 15 is 0 Å². The van der Waals surface area contributed by atoms with Gasteiger partial charge in [-0.25, -0.2) is 4.98 Å². The first-order valence-corrected chi connectivity index (χ1v) is 10.5. The lowest BCUT2D eigenvalue weighted by atomic mass is 10.0. The summed E-state index contributed by atoms with van der Waals surface area (Å²) < 4.78 is 22.2. The summed E-state index contributed by atoms with van der Waals surface area (Å²) in [6.45, 7) is 0. The van der Waals surface area contributed by atoms with Gasteiger partial charge in [0, 0.05) is 5.56 Å². The van der Waals surface area contributed by atoms with Gasteiger partial charge >= 0.3 is 4.87 Å². The summed E-state index contributed by atoms with van der Waals surface area (Å²) in [4.78, 5) is 19.3. The van der Waals surface area contributed by atoms with E-state index in [0.29, 0.717) is 34.3 Å². The summed E-state index contributed by atoms with van der Waals surface area (Å²) in [6, 6.07) is 13.3. The molecular formula is C24H22N2O5S. The van der Waals surface area contributed by atoms with Gasteiger partial charge in [0.1, 0.15) is 0 Å². The van der Waals surface area contributed by atoms with Gasteiger partial charge < -0.3 is 18.9 Å². The Morgan fingerprint density at radius 2 is 1.47 bits per heavy atom. The molecule has 2 aromatic carbocycles. The van der Waals surface area contributed by atoms with Crippen molar-refractivity contribution < 1.29 is 18.9 Å². The van der Waals surface area contributed by atoms with Crippen LogP contribution in [0.25, 0.3) is 33.6 Å².